The summed E-state index contributed by atoms with van der Waals surface area (Å²) >= 11 is 11.7. The van der Waals surface area contributed by atoms with Crippen LogP contribution in [0.4, 0.5) is 0 Å². The molecule has 166 valence electrons. The fourth-order valence-electron chi connectivity index (χ4n) is 4.76. The quantitative estimate of drug-likeness (QED) is 0.664. The minimum Gasteiger partial charge on any atom is -0.479 e. The number of hydrogen-bond acceptors (Lipinski definition) is 6. The molecule has 3 saturated carbocycles. The van der Waals surface area contributed by atoms with Crippen LogP contribution in [0.5, 0.6) is 11.6 Å². The highest BCUT2D eigenvalue weighted by molar-refractivity contribution is 6.31. The Morgan fingerprint density at radius 1 is 1.09 bits per heavy atom. The Morgan fingerprint density at radius 2 is 1.81 bits per heavy atom. The lowest BCUT2D eigenvalue weighted by Crippen LogP contribution is -2.84. The van der Waals surface area contributed by atoms with Gasteiger partial charge in [-0.1, -0.05) is 23.2 Å². The third-order valence-corrected chi connectivity index (χ3v) is 6.51. The number of carbonyl (C=O) groups is 3. The summed E-state index contributed by atoms with van der Waals surface area (Å²) in [5, 5.41) is 6.91. The van der Waals surface area contributed by atoms with E-state index in [0.29, 0.717) is 46.5 Å². The van der Waals surface area contributed by atoms with Gasteiger partial charge in [-0.05, 0) is 43.5 Å². The van der Waals surface area contributed by atoms with Crippen molar-refractivity contribution in [1.82, 2.24) is 15.6 Å². The van der Waals surface area contributed by atoms with Crippen molar-refractivity contribution in [3.05, 3.63) is 52.1 Å². The van der Waals surface area contributed by atoms with Gasteiger partial charge in [0.05, 0.1) is 17.0 Å². The van der Waals surface area contributed by atoms with Crippen LogP contribution in [0.1, 0.15) is 36.0 Å². The van der Waals surface area contributed by atoms with Crippen LogP contribution >= 0.6 is 23.2 Å². The molecule has 1 aromatic heterocycles. The number of ether oxygens (including phenoxy) is 2. The van der Waals surface area contributed by atoms with Crippen LogP contribution < -0.4 is 20.1 Å². The monoisotopic (exact) mass is 475 g/mol. The molecule has 4 aliphatic rings. The largest absolute Gasteiger partial charge is 0.479 e. The van der Waals surface area contributed by atoms with E-state index in [9.17, 15) is 14.4 Å². The van der Waals surface area contributed by atoms with E-state index in [-0.39, 0.29) is 41.7 Å². The average molecular weight is 476 g/mol. The normalized spacial score (nSPS) is 27.2. The molecule has 2 N–H and O–H groups in total. The number of benzene rings is 1. The fraction of sp³-hybridized carbons (Fsp3) is 0.364. The summed E-state index contributed by atoms with van der Waals surface area (Å²) in [6.07, 6.45) is 2.42. The molecule has 3 fully saturated rings. The van der Waals surface area contributed by atoms with Gasteiger partial charge in [0.25, 0.3) is 11.8 Å². The number of rotatable bonds is 6. The van der Waals surface area contributed by atoms with E-state index in [0.717, 1.165) is 0 Å². The number of pyridine rings is 1. The lowest BCUT2D eigenvalue weighted by Gasteiger charge is -2.70. The number of hydrogen-bond donors (Lipinski definition) is 2. The maximum absolute atomic E-state index is 12.7. The summed E-state index contributed by atoms with van der Waals surface area (Å²) in [6.45, 7) is -0.156. The molecule has 1 aliphatic heterocycles. The Balaban J connectivity index is 1.10. The average Bonchev–Trinajstić information content (AvgIpc) is 2.71. The highest BCUT2D eigenvalue weighted by atomic mass is 35.5. The van der Waals surface area contributed by atoms with Gasteiger partial charge in [0.2, 0.25) is 5.88 Å². The molecular weight excluding hydrogens is 457 g/mol. The molecule has 0 unspecified atom stereocenters. The lowest BCUT2D eigenvalue weighted by molar-refractivity contribution is -0.154. The van der Waals surface area contributed by atoms with Gasteiger partial charge in [-0.25, -0.2) is 4.98 Å². The molecule has 0 saturated heterocycles. The maximum atomic E-state index is 12.7. The Kier molecular flexibility index (Phi) is 5.02. The molecule has 10 heteroatoms. The van der Waals surface area contributed by atoms with E-state index in [1.54, 1.807) is 30.3 Å². The first-order valence-corrected chi connectivity index (χ1v) is 10.9. The van der Waals surface area contributed by atoms with Crippen molar-refractivity contribution < 1.29 is 23.9 Å². The SMILES string of the molecule is O=C(COc1ccc(Cl)cn1)NC12CC(NC(=O)[C@H]3CC(=O)c4cc(Cl)ccc4O3)(C1)C2. The van der Waals surface area contributed by atoms with Gasteiger partial charge in [-0.3, -0.25) is 14.4 Å². The van der Waals surface area contributed by atoms with Gasteiger partial charge in [-0.2, -0.15) is 0 Å². The van der Waals surface area contributed by atoms with E-state index in [1.165, 1.54) is 6.20 Å². The van der Waals surface area contributed by atoms with E-state index in [4.69, 9.17) is 32.7 Å². The number of amides is 2. The van der Waals surface area contributed by atoms with E-state index in [2.05, 4.69) is 15.6 Å². The molecule has 1 aromatic carbocycles. The fourth-order valence-corrected chi connectivity index (χ4v) is 5.04. The van der Waals surface area contributed by atoms with E-state index in [1.807, 2.05) is 0 Å². The number of nitrogens with zero attached hydrogens (tertiary/aromatic N) is 1. The highest BCUT2D eigenvalue weighted by Crippen LogP contribution is 2.60. The van der Waals surface area contributed by atoms with Gasteiger partial charge < -0.3 is 20.1 Å². The molecule has 2 bridgehead atoms. The molecule has 32 heavy (non-hydrogen) atoms. The first kappa shape index (κ1) is 21.0. The van der Waals surface area contributed by atoms with Gasteiger partial charge in [-0.15, -0.1) is 0 Å². The summed E-state index contributed by atoms with van der Waals surface area (Å²) < 4.78 is 11.1. The molecule has 1 atom stereocenters. The van der Waals surface area contributed by atoms with Crippen LogP contribution in [0.3, 0.4) is 0 Å². The second kappa shape index (κ2) is 7.64. The van der Waals surface area contributed by atoms with Gasteiger partial charge in [0.15, 0.2) is 18.5 Å². The van der Waals surface area contributed by atoms with Crippen LogP contribution in [0.15, 0.2) is 36.5 Å². The van der Waals surface area contributed by atoms with Crippen molar-refractivity contribution in [1.29, 1.82) is 0 Å². The standard InChI is InChI=1S/C22H19Cl2N3O5/c23-12-1-3-16-14(5-12)15(28)6-17(32-16)20(30)27-22-9-21(10-22,11-22)26-18(29)8-31-19-4-2-13(24)7-25-19/h1-5,7,17H,6,8-11H2,(H,26,29)(H,27,30)/t17-,21?,22?/m1/s1. The molecule has 8 nitrogen and oxygen atoms in total. The predicted octanol–water partition coefficient (Wildman–Crippen LogP) is 2.71. The number of aromatic nitrogens is 1. The highest BCUT2D eigenvalue weighted by Gasteiger charge is 2.69. The first-order valence-electron chi connectivity index (χ1n) is 10.1. The lowest BCUT2D eigenvalue weighted by atomic mass is 9.44. The number of carbonyl (C=O) groups excluding carboxylic acids is 3. The van der Waals surface area contributed by atoms with Crippen molar-refractivity contribution in [2.75, 3.05) is 6.61 Å². The summed E-state index contributed by atoms with van der Waals surface area (Å²) in [4.78, 5) is 41.3. The molecule has 0 radical (unpaired) electrons. The summed E-state index contributed by atoms with van der Waals surface area (Å²) in [5.74, 6) is -0.0713. The Labute approximate surface area is 193 Å². The van der Waals surface area contributed by atoms with Gasteiger partial charge in [0.1, 0.15) is 5.75 Å². The minimum atomic E-state index is -0.879. The second-order valence-corrected chi connectivity index (χ2v) is 9.48. The first-order chi connectivity index (χ1) is 15.2. The third kappa shape index (κ3) is 3.89. The third-order valence-electron chi connectivity index (χ3n) is 6.05. The van der Waals surface area contributed by atoms with Crippen LogP contribution in [0.25, 0.3) is 0 Å². The number of fused-ring (bicyclic) bond motifs is 1. The van der Waals surface area contributed by atoms with Crippen molar-refractivity contribution in [2.24, 2.45) is 0 Å². The van der Waals surface area contributed by atoms with Crippen molar-refractivity contribution in [2.45, 2.75) is 42.9 Å². The predicted molar refractivity (Wildman–Crippen MR) is 115 cm³/mol. The molecule has 2 aromatic rings. The zero-order valence-electron chi connectivity index (χ0n) is 16.8. The van der Waals surface area contributed by atoms with Gasteiger partial charge >= 0.3 is 0 Å². The van der Waals surface area contributed by atoms with E-state index >= 15 is 0 Å². The molecule has 3 aliphatic carbocycles. The zero-order valence-corrected chi connectivity index (χ0v) is 18.3. The van der Waals surface area contributed by atoms with Crippen LogP contribution in [-0.2, 0) is 9.59 Å². The van der Waals surface area contributed by atoms with Crippen LogP contribution in [0, 0.1) is 0 Å². The minimum absolute atomic E-state index is 0.0345. The summed E-state index contributed by atoms with van der Waals surface area (Å²) in [7, 11) is 0. The Morgan fingerprint density at radius 3 is 2.53 bits per heavy atom. The molecule has 6 rings (SSSR count). The summed E-state index contributed by atoms with van der Waals surface area (Å²) in [6, 6.07) is 7.99. The summed E-state index contributed by atoms with van der Waals surface area (Å²) in [5.41, 5.74) is -0.298. The van der Waals surface area contributed by atoms with Crippen molar-refractivity contribution in [3.63, 3.8) is 0 Å². The van der Waals surface area contributed by atoms with Gasteiger partial charge in [0, 0.05) is 28.4 Å². The van der Waals surface area contributed by atoms with Crippen LogP contribution in [0.2, 0.25) is 10.0 Å². The Bertz CT molecular complexity index is 1100. The number of Topliss-reactive ketones (excluding diaryl/α,β-unsaturated/α-hetero) is 1. The smallest absolute Gasteiger partial charge is 0.261 e. The molecule has 2 heterocycles. The van der Waals surface area contributed by atoms with Crippen molar-refractivity contribution in [3.8, 4) is 11.6 Å². The molecule has 2 amide bonds. The number of ketones is 1. The maximum Gasteiger partial charge on any atom is 0.261 e. The molecule has 0 spiro atoms. The van der Waals surface area contributed by atoms with Crippen molar-refractivity contribution >= 4 is 40.8 Å². The number of nitrogens with one attached hydrogen (secondary N) is 2. The topological polar surface area (TPSA) is 107 Å². The zero-order chi connectivity index (χ0) is 22.5. The molecular formula is C22H19Cl2N3O5. The van der Waals surface area contributed by atoms with Crippen LogP contribution in [-0.4, -0.2) is 46.4 Å². The second-order valence-electron chi connectivity index (χ2n) is 8.61. The Hall–Kier alpha value is -2.84. The van der Waals surface area contributed by atoms with E-state index < -0.39 is 6.10 Å². The number of halogens is 2.